The van der Waals surface area contributed by atoms with E-state index in [1.807, 2.05) is 0 Å². The Hall–Kier alpha value is -8.72. The van der Waals surface area contributed by atoms with E-state index in [0.29, 0.717) is 0 Å². The van der Waals surface area contributed by atoms with Gasteiger partial charge in [0.15, 0.2) is 0 Å². The molecule has 0 unspecified atom stereocenters. The van der Waals surface area contributed by atoms with Crippen molar-refractivity contribution >= 4 is 49.6 Å². The summed E-state index contributed by atoms with van der Waals surface area (Å²) in [6, 6.07) is 96.7. The molecule has 1 heterocycles. The van der Waals surface area contributed by atoms with Crippen LogP contribution in [0.1, 0.15) is 0 Å². The third-order valence-corrected chi connectivity index (χ3v) is 13.0. The fourth-order valence-corrected chi connectivity index (χ4v) is 9.67. The van der Waals surface area contributed by atoms with Gasteiger partial charge in [-0.05, 0) is 133 Å². The topological polar surface area (TPSA) is 8.17 Å². The Morgan fingerprint density at radius 2 is 0.636 bits per heavy atom. The molecule has 0 N–H and O–H groups in total. The maximum absolute atomic E-state index is 2.39. The Kier molecular flexibility index (Phi) is 9.89. The molecule has 12 rings (SSSR count). The van der Waals surface area contributed by atoms with Gasteiger partial charge in [0.05, 0.1) is 11.0 Å². The van der Waals surface area contributed by atoms with Crippen LogP contribution in [0.2, 0.25) is 0 Å². The van der Waals surface area contributed by atoms with Crippen molar-refractivity contribution in [2.75, 3.05) is 4.90 Å². The van der Waals surface area contributed by atoms with Gasteiger partial charge in [-0.2, -0.15) is 0 Å². The normalized spacial score (nSPS) is 11.3. The lowest BCUT2D eigenvalue weighted by molar-refractivity contribution is 1.18. The van der Waals surface area contributed by atoms with E-state index in [2.05, 4.69) is 276 Å². The van der Waals surface area contributed by atoms with Crippen molar-refractivity contribution in [2.24, 2.45) is 0 Å². The molecule has 12 aromatic rings. The molecule has 0 radical (unpaired) electrons. The summed E-state index contributed by atoms with van der Waals surface area (Å²) >= 11 is 0. The molecule has 2 heteroatoms. The Balaban J connectivity index is 0.873. The van der Waals surface area contributed by atoms with Crippen LogP contribution in [0.4, 0.5) is 17.1 Å². The lowest BCUT2D eigenvalue weighted by Crippen LogP contribution is -2.09. The number of benzene rings is 11. The van der Waals surface area contributed by atoms with Gasteiger partial charge in [-0.25, -0.2) is 0 Å². The molecule has 0 spiro atoms. The fourth-order valence-electron chi connectivity index (χ4n) is 9.67. The van der Waals surface area contributed by atoms with Crippen LogP contribution in [0.25, 0.3) is 93.9 Å². The molecule has 1 aromatic heterocycles. The van der Waals surface area contributed by atoms with Crippen LogP contribution in [0.15, 0.2) is 267 Å². The summed E-state index contributed by atoms with van der Waals surface area (Å²) in [5.41, 5.74) is 18.9. The summed E-state index contributed by atoms with van der Waals surface area (Å²) in [5.74, 6) is 0. The summed E-state index contributed by atoms with van der Waals surface area (Å²) in [4.78, 5) is 2.35. The molecular weight excluding hydrogens is 797 g/mol. The highest BCUT2D eigenvalue weighted by molar-refractivity contribution is 6.10. The molecule has 0 aliphatic carbocycles. The number of nitrogens with zero attached hydrogens (tertiary/aromatic N) is 2. The second-order valence-corrected chi connectivity index (χ2v) is 16.9. The van der Waals surface area contributed by atoms with Crippen LogP contribution in [0.3, 0.4) is 0 Å². The average Bonchev–Trinajstić information content (AvgIpc) is 3.73. The highest BCUT2D eigenvalue weighted by Gasteiger charge is 2.17. The summed E-state index contributed by atoms with van der Waals surface area (Å²) in [6.45, 7) is 0. The molecule has 0 fully saturated rings. The largest absolute Gasteiger partial charge is 0.311 e. The molecule has 0 saturated heterocycles. The molecule has 0 saturated carbocycles. The second-order valence-electron chi connectivity index (χ2n) is 16.9. The molecule has 66 heavy (non-hydrogen) atoms. The second kappa shape index (κ2) is 16.8. The van der Waals surface area contributed by atoms with E-state index >= 15 is 0 Å². The van der Waals surface area contributed by atoms with Crippen molar-refractivity contribution in [3.63, 3.8) is 0 Å². The third kappa shape index (κ3) is 7.21. The SMILES string of the molecule is c1ccc(-c2ccc(N(c3ccc(-c4ccc(-c5cccc6ccccc56)cc4)cc3)c3ccc(-c4ccc5c(c4)c4ccccc4n5-c4ccc(-c5ccccc5)cc4)cc3)cc2)cc1. The summed E-state index contributed by atoms with van der Waals surface area (Å²) in [7, 11) is 0. The third-order valence-electron chi connectivity index (χ3n) is 13.0. The zero-order chi connectivity index (χ0) is 43.8. The van der Waals surface area contributed by atoms with Gasteiger partial charge in [0, 0.05) is 33.5 Å². The maximum atomic E-state index is 2.39. The van der Waals surface area contributed by atoms with E-state index in [-0.39, 0.29) is 0 Å². The highest BCUT2D eigenvalue weighted by Crippen LogP contribution is 2.40. The highest BCUT2D eigenvalue weighted by atomic mass is 15.1. The van der Waals surface area contributed by atoms with Crippen LogP contribution < -0.4 is 4.90 Å². The minimum absolute atomic E-state index is 1.09. The molecule has 0 aliphatic rings. The minimum atomic E-state index is 1.09. The number of hydrogen-bond donors (Lipinski definition) is 0. The van der Waals surface area contributed by atoms with Crippen molar-refractivity contribution in [1.29, 1.82) is 0 Å². The summed E-state index contributed by atoms with van der Waals surface area (Å²) in [6.07, 6.45) is 0. The van der Waals surface area contributed by atoms with Gasteiger partial charge < -0.3 is 9.47 Å². The molecule has 0 aliphatic heterocycles. The molecule has 2 nitrogen and oxygen atoms in total. The summed E-state index contributed by atoms with van der Waals surface area (Å²) in [5, 5.41) is 5.01. The number of para-hydroxylation sites is 1. The Labute approximate surface area is 385 Å². The molecule has 11 aromatic carbocycles. The van der Waals surface area contributed by atoms with Crippen molar-refractivity contribution in [3.8, 4) is 61.3 Å². The van der Waals surface area contributed by atoms with Crippen molar-refractivity contribution in [1.82, 2.24) is 4.57 Å². The van der Waals surface area contributed by atoms with E-state index in [9.17, 15) is 0 Å². The zero-order valence-electron chi connectivity index (χ0n) is 36.3. The minimum Gasteiger partial charge on any atom is -0.311 e. The first kappa shape index (κ1) is 38.9. The number of fused-ring (bicyclic) bond motifs is 4. The Morgan fingerprint density at radius 3 is 1.21 bits per heavy atom. The Morgan fingerprint density at radius 1 is 0.242 bits per heavy atom. The first-order valence-corrected chi connectivity index (χ1v) is 22.7. The van der Waals surface area contributed by atoms with Crippen molar-refractivity contribution < 1.29 is 0 Å². The van der Waals surface area contributed by atoms with Gasteiger partial charge in [-0.15, -0.1) is 0 Å². The zero-order valence-corrected chi connectivity index (χ0v) is 36.3. The van der Waals surface area contributed by atoms with Gasteiger partial charge in [-0.3, -0.25) is 0 Å². The molecule has 310 valence electrons. The Bertz CT molecular complexity index is 3620. The quantitative estimate of drug-likeness (QED) is 0.141. The van der Waals surface area contributed by atoms with Crippen LogP contribution >= 0.6 is 0 Å². The van der Waals surface area contributed by atoms with Crippen LogP contribution in [0.5, 0.6) is 0 Å². The lowest BCUT2D eigenvalue weighted by Gasteiger charge is -2.26. The monoisotopic (exact) mass is 840 g/mol. The van der Waals surface area contributed by atoms with E-state index in [0.717, 1.165) is 22.7 Å². The van der Waals surface area contributed by atoms with E-state index in [1.54, 1.807) is 0 Å². The predicted molar refractivity (Wildman–Crippen MR) is 280 cm³/mol. The van der Waals surface area contributed by atoms with E-state index < -0.39 is 0 Å². The van der Waals surface area contributed by atoms with Gasteiger partial charge in [0.2, 0.25) is 0 Å². The summed E-state index contributed by atoms with van der Waals surface area (Å²) < 4.78 is 2.39. The number of anilines is 3. The lowest BCUT2D eigenvalue weighted by atomic mass is 9.96. The first-order valence-electron chi connectivity index (χ1n) is 22.7. The van der Waals surface area contributed by atoms with Gasteiger partial charge in [0.25, 0.3) is 0 Å². The molecule has 0 bridgehead atoms. The van der Waals surface area contributed by atoms with E-state index in [4.69, 9.17) is 0 Å². The van der Waals surface area contributed by atoms with E-state index in [1.165, 1.54) is 88.2 Å². The predicted octanol–water partition coefficient (Wildman–Crippen LogP) is 17.7. The number of aromatic nitrogens is 1. The van der Waals surface area contributed by atoms with Gasteiger partial charge >= 0.3 is 0 Å². The average molecular weight is 841 g/mol. The standard InChI is InChI=1S/C64H44N2/c1-3-12-45(13-4-1)48-26-35-55(36-27-48)65(56-37-28-50(29-38-56)47-22-24-53(25-23-47)60-20-11-17-52-16-7-8-18-59(52)60)57-39-32-51(33-40-57)54-34-43-64-62(44-54)61-19-9-10-21-63(61)66(64)58-41-30-49(31-42-58)46-14-5-2-6-15-46/h1-44H. The van der Waals surface area contributed by atoms with Gasteiger partial charge in [-0.1, -0.05) is 200 Å². The van der Waals surface area contributed by atoms with Gasteiger partial charge in [0.1, 0.15) is 0 Å². The first-order chi connectivity index (χ1) is 32.7. The van der Waals surface area contributed by atoms with Crippen molar-refractivity contribution in [3.05, 3.63) is 267 Å². The fraction of sp³-hybridized carbons (Fsp3) is 0. The molecule has 0 amide bonds. The maximum Gasteiger partial charge on any atom is 0.0541 e. The van der Waals surface area contributed by atoms with Crippen molar-refractivity contribution in [2.45, 2.75) is 0 Å². The van der Waals surface area contributed by atoms with Crippen LogP contribution in [-0.4, -0.2) is 4.57 Å². The van der Waals surface area contributed by atoms with Crippen LogP contribution in [-0.2, 0) is 0 Å². The molecular formula is C64H44N2. The number of hydrogen-bond acceptors (Lipinski definition) is 1. The smallest absolute Gasteiger partial charge is 0.0541 e. The van der Waals surface area contributed by atoms with Crippen LogP contribution in [0, 0.1) is 0 Å². The molecule has 0 atom stereocenters. The number of rotatable bonds is 9.